The van der Waals surface area contributed by atoms with Crippen LogP contribution in [0.4, 0.5) is 0 Å². The minimum atomic E-state index is 0.215. The second-order valence-corrected chi connectivity index (χ2v) is 3.72. The molecule has 0 fully saturated rings. The summed E-state index contributed by atoms with van der Waals surface area (Å²) in [6.07, 6.45) is 4.82. The predicted molar refractivity (Wildman–Crippen MR) is 53.4 cm³/mol. The normalized spacial score (nSPS) is 12.9. The van der Waals surface area contributed by atoms with Crippen molar-refractivity contribution in [2.45, 2.75) is 24.4 Å². The Bertz CT molecular complexity index is 231. The summed E-state index contributed by atoms with van der Waals surface area (Å²) in [5, 5.41) is 1.06. The molecule has 1 aromatic rings. The van der Waals surface area contributed by atoms with Crippen molar-refractivity contribution in [1.29, 1.82) is 0 Å². The molecule has 1 heterocycles. The number of aromatic nitrogens is 1. The molecule has 1 unspecified atom stereocenters. The molecule has 0 amide bonds. The summed E-state index contributed by atoms with van der Waals surface area (Å²) in [6.45, 7) is 2.00. The lowest BCUT2D eigenvalue weighted by molar-refractivity contribution is 0.734. The van der Waals surface area contributed by atoms with Crippen molar-refractivity contribution >= 4 is 11.8 Å². The number of hydrogen-bond donors (Lipinski definition) is 1. The van der Waals surface area contributed by atoms with Crippen LogP contribution < -0.4 is 5.73 Å². The SMILES string of the molecule is CSc1ccc(CC(C)N)cn1. The molecule has 0 saturated carbocycles. The fourth-order valence-electron chi connectivity index (χ4n) is 1.02. The van der Waals surface area contributed by atoms with Gasteiger partial charge in [0.25, 0.3) is 0 Å². The topological polar surface area (TPSA) is 38.9 Å². The molecule has 3 heteroatoms. The molecule has 12 heavy (non-hydrogen) atoms. The average molecular weight is 182 g/mol. The number of nitrogens with zero attached hydrogens (tertiary/aromatic N) is 1. The Labute approximate surface area is 77.6 Å². The van der Waals surface area contributed by atoms with E-state index in [-0.39, 0.29) is 6.04 Å². The van der Waals surface area contributed by atoms with E-state index in [1.54, 1.807) is 11.8 Å². The van der Waals surface area contributed by atoms with Crippen LogP contribution in [0.3, 0.4) is 0 Å². The van der Waals surface area contributed by atoms with Gasteiger partial charge in [-0.2, -0.15) is 0 Å². The zero-order valence-corrected chi connectivity index (χ0v) is 8.27. The van der Waals surface area contributed by atoms with Crippen LogP contribution >= 0.6 is 11.8 Å². The van der Waals surface area contributed by atoms with E-state index in [1.165, 1.54) is 5.56 Å². The van der Waals surface area contributed by atoms with Gasteiger partial charge in [-0.1, -0.05) is 6.07 Å². The molecular weight excluding hydrogens is 168 g/mol. The highest BCUT2D eigenvalue weighted by molar-refractivity contribution is 7.98. The van der Waals surface area contributed by atoms with Gasteiger partial charge in [-0.15, -0.1) is 11.8 Å². The highest BCUT2D eigenvalue weighted by atomic mass is 32.2. The van der Waals surface area contributed by atoms with Gasteiger partial charge in [-0.3, -0.25) is 0 Å². The Morgan fingerprint density at radius 2 is 2.33 bits per heavy atom. The van der Waals surface area contributed by atoms with Gasteiger partial charge in [0, 0.05) is 12.2 Å². The van der Waals surface area contributed by atoms with Gasteiger partial charge in [0.1, 0.15) is 0 Å². The number of pyridine rings is 1. The molecule has 0 spiro atoms. The Morgan fingerprint density at radius 3 is 2.75 bits per heavy atom. The highest BCUT2D eigenvalue weighted by Gasteiger charge is 1.97. The first-order valence-electron chi connectivity index (χ1n) is 3.97. The van der Waals surface area contributed by atoms with Gasteiger partial charge in [0.2, 0.25) is 0 Å². The van der Waals surface area contributed by atoms with Gasteiger partial charge in [-0.05, 0) is 31.2 Å². The fourth-order valence-corrected chi connectivity index (χ4v) is 1.39. The van der Waals surface area contributed by atoms with Crippen LogP contribution in [0.15, 0.2) is 23.4 Å². The molecule has 1 aromatic heterocycles. The minimum Gasteiger partial charge on any atom is -0.328 e. The van der Waals surface area contributed by atoms with Crippen molar-refractivity contribution in [3.05, 3.63) is 23.9 Å². The standard InChI is InChI=1S/C9H14N2S/c1-7(10)5-8-3-4-9(12-2)11-6-8/h3-4,6-7H,5,10H2,1-2H3. The molecule has 1 atom stereocenters. The van der Waals surface area contributed by atoms with Crippen molar-refractivity contribution in [2.24, 2.45) is 5.73 Å². The summed E-state index contributed by atoms with van der Waals surface area (Å²) < 4.78 is 0. The van der Waals surface area contributed by atoms with Crippen molar-refractivity contribution < 1.29 is 0 Å². The van der Waals surface area contributed by atoms with Crippen molar-refractivity contribution in [1.82, 2.24) is 4.98 Å². The predicted octanol–water partition coefficient (Wildman–Crippen LogP) is 1.69. The van der Waals surface area contributed by atoms with Crippen molar-refractivity contribution in [2.75, 3.05) is 6.26 Å². The van der Waals surface area contributed by atoms with Crippen LogP contribution in [0.5, 0.6) is 0 Å². The zero-order chi connectivity index (χ0) is 8.97. The van der Waals surface area contributed by atoms with Crippen LogP contribution in [0, 0.1) is 0 Å². The third kappa shape index (κ3) is 2.83. The second kappa shape index (κ2) is 4.48. The molecule has 2 N–H and O–H groups in total. The second-order valence-electron chi connectivity index (χ2n) is 2.89. The van der Waals surface area contributed by atoms with Gasteiger partial charge >= 0.3 is 0 Å². The Hall–Kier alpha value is -0.540. The van der Waals surface area contributed by atoms with Crippen LogP contribution in [0.1, 0.15) is 12.5 Å². The number of nitrogens with two attached hydrogens (primary N) is 1. The maximum Gasteiger partial charge on any atom is 0.0957 e. The van der Waals surface area contributed by atoms with Crippen LogP contribution in [0.2, 0.25) is 0 Å². The summed E-state index contributed by atoms with van der Waals surface area (Å²) in [6, 6.07) is 4.33. The van der Waals surface area contributed by atoms with E-state index in [0.717, 1.165) is 11.4 Å². The van der Waals surface area contributed by atoms with Gasteiger partial charge in [0.05, 0.1) is 5.03 Å². The molecule has 66 valence electrons. The number of thioether (sulfide) groups is 1. The first-order chi connectivity index (χ1) is 5.72. The van der Waals surface area contributed by atoms with E-state index in [9.17, 15) is 0 Å². The first kappa shape index (κ1) is 9.55. The van der Waals surface area contributed by atoms with E-state index in [2.05, 4.69) is 11.1 Å². The van der Waals surface area contributed by atoms with Gasteiger partial charge in [0.15, 0.2) is 0 Å². The summed E-state index contributed by atoms with van der Waals surface area (Å²) in [5.41, 5.74) is 6.87. The molecule has 0 aliphatic carbocycles. The van der Waals surface area contributed by atoms with Crippen molar-refractivity contribution in [3.63, 3.8) is 0 Å². The van der Waals surface area contributed by atoms with Crippen LogP contribution in [0.25, 0.3) is 0 Å². The van der Waals surface area contributed by atoms with E-state index in [1.807, 2.05) is 25.4 Å². The molecular formula is C9H14N2S. The fraction of sp³-hybridized carbons (Fsp3) is 0.444. The lowest BCUT2D eigenvalue weighted by atomic mass is 10.1. The molecule has 0 aromatic carbocycles. The smallest absolute Gasteiger partial charge is 0.0957 e. The Morgan fingerprint density at radius 1 is 1.58 bits per heavy atom. The number of rotatable bonds is 3. The summed E-state index contributed by atoms with van der Waals surface area (Å²) in [5.74, 6) is 0. The van der Waals surface area contributed by atoms with Gasteiger partial charge in [-0.25, -0.2) is 4.98 Å². The zero-order valence-electron chi connectivity index (χ0n) is 7.45. The Balaban J connectivity index is 2.65. The lowest BCUT2D eigenvalue weighted by Gasteiger charge is -2.04. The third-order valence-corrected chi connectivity index (χ3v) is 2.22. The van der Waals surface area contributed by atoms with E-state index in [4.69, 9.17) is 5.73 Å². The molecule has 0 radical (unpaired) electrons. The molecule has 0 aliphatic heterocycles. The van der Waals surface area contributed by atoms with Crippen molar-refractivity contribution in [3.8, 4) is 0 Å². The molecule has 1 rings (SSSR count). The van der Waals surface area contributed by atoms with E-state index >= 15 is 0 Å². The van der Waals surface area contributed by atoms with E-state index < -0.39 is 0 Å². The molecule has 2 nitrogen and oxygen atoms in total. The molecule has 0 bridgehead atoms. The van der Waals surface area contributed by atoms with Crippen LogP contribution in [-0.4, -0.2) is 17.3 Å². The summed E-state index contributed by atoms with van der Waals surface area (Å²) in [7, 11) is 0. The van der Waals surface area contributed by atoms with Crippen LogP contribution in [-0.2, 0) is 6.42 Å². The first-order valence-corrected chi connectivity index (χ1v) is 5.19. The average Bonchev–Trinajstić information content (AvgIpc) is 2.05. The monoisotopic (exact) mass is 182 g/mol. The largest absolute Gasteiger partial charge is 0.328 e. The minimum absolute atomic E-state index is 0.215. The van der Waals surface area contributed by atoms with E-state index in [0.29, 0.717) is 0 Å². The maximum atomic E-state index is 5.66. The third-order valence-electron chi connectivity index (χ3n) is 1.56. The summed E-state index contributed by atoms with van der Waals surface area (Å²) in [4.78, 5) is 4.26. The molecule has 0 saturated heterocycles. The maximum absolute atomic E-state index is 5.66. The van der Waals surface area contributed by atoms with Gasteiger partial charge < -0.3 is 5.73 Å². The number of hydrogen-bond acceptors (Lipinski definition) is 3. The summed E-state index contributed by atoms with van der Waals surface area (Å²) >= 11 is 1.65. The Kier molecular flexibility index (Phi) is 3.56. The highest BCUT2D eigenvalue weighted by Crippen LogP contribution is 2.11. The molecule has 0 aliphatic rings. The quantitative estimate of drug-likeness (QED) is 0.723. The lowest BCUT2D eigenvalue weighted by Crippen LogP contribution is -2.17.